The van der Waals surface area contributed by atoms with Crippen molar-refractivity contribution in [1.82, 2.24) is 41.1 Å². The Morgan fingerprint density at radius 2 is 1.55 bits per heavy atom. The van der Waals surface area contributed by atoms with Crippen LogP contribution in [-0.2, 0) is 28.7 Å². The van der Waals surface area contributed by atoms with Gasteiger partial charge in [-0.3, -0.25) is 19.0 Å². The Balaban J connectivity index is 1.70. The molecule has 0 spiro atoms. The molecule has 2 heterocycles. The van der Waals surface area contributed by atoms with E-state index >= 15 is 0 Å². The van der Waals surface area contributed by atoms with Crippen molar-refractivity contribution >= 4 is 52.7 Å². The summed E-state index contributed by atoms with van der Waals surface area (Å²) in [7, 11) is 4.81. The van der Waals surface area contributed by atoms with Crippen LogP contribution in [0.2, 0.25) is 0 Å². The molecule has 0 bridgehead atoms. The molecule has 0 aliphatic carbocycles. The molecular formula is C27H41N9O8. The number of aromatic nitrogens is 3. The standard InChI is InChI=1S/C27H41N9O8/c1-27(2,3)44-26(42)28-11-8-7-9-18(24(40)43-6)34-21(39)15-30-19(37)13-29-20(38)14-31-25(41)36-12-10-17-22(35(4)5)32-16-33-23(17)36/h10,12,16,18H,7-9,11,13-15H2,1-6H3,(H,28,42)(H,29,38)(H,30,37)(H,31,41)(H,34,39)/t18-/m1/s1. The topological polar surface area (TPSA) is 215 Å². The van der Waals surface area contributed by atoms with Crippen LogP contribution in [0.1, 0.15) is 40.0 Å². The van der Waals surface area contributed by atoms with E-state index < -0.39 is 67.1 Å². The number of carbonyl (C=O) groups excluding carboxylic acids is 6. The fourth-order valence-corrected chi connectivity index (χ4v) is 3.80. The highest BCUT2D eigenvalue weighted by atomic mass is 16.6. The third-order valence-corrected chi connectivity index (χ3v) is 5.80. The molecular weight excluding hydrogens is 578 g/mol. The molecule has 0 saturated heterocycles. The molecule has 242 valence electrons. The second kappa shape index (κ2) is 16.6. The summed E-state index contributed by atoms with van der Waals surface area (Å²) in [5.41, 5.74) is -0.251. The Morgan fingerprint density at radius 1 is 0.909 bits per heavy atom. The number of nitrogens with zero attached hydrogens (tertiary/aromatic N) is 4. The van der Waals surface area contributed by atoms with E-state index in [1.165, 1.54) is 24.2 Å². The number of hydrogen-bond donors (Lipinski definition) is 5. The van der Waals surface area contributed by atoms with Crippen LogP contribution in [0.25, 0.3) is 11.0 Å². The maximum absolute atomic E-state index is 12.6. The van der Waals surface area contributed by atoms with Crippen LogP contribution in [0.5, 0.6) is 0 Å². The van der Waals surface area contributed by atoms with Crippen LogP contribution in [0, 0.1) is 0 Å². The Kier molecular flexibility index (Phi) is 13.3. The largest absolute Gasteiger partial charge is 0.467 e. The lowest BCUT2D eigenvalue weighted by molar-refractivity contribution is -0.145. The summed E-state index contributed by atoms with van der Waals surface area (Å²) in [5.74, 6) is -1.96. The van der Waals surface area contributed by atoms with Crippen molar-refractivity contribution in [1.29, 1.82) is 0 Å². The van der Waals surface area contributed by atoms with Gasteiger partial charge in [0.25, 0.3) is 0 Å². The van der Waals surface area contributed by atoms with Gasteiger partial charge in [-0.05, 0) is 46.1 Å². The summed E-state index contributed by atoms with van der Waals surface area (Å²) in [6, 6.07) is 0.136. The van der Waals surface area contributed by atoms with Crippen molar-refractivity contribution in [3.05, 3.63) is 18.6 Å². The highest BCUT2D eigenvalue weighted by Crippen LogP contribution is 2.21. The third kappa shape index (κ3) is 11.7. The molecule has 0 aromatic carbocycles. The second-order valence-electron chi connectivity index (χ2n) is 10.8. The first-order valence-electron chi connectivity index (χ1n) is 13.9. The van der Waals surface area contributed by atoms with Gasteiger partial charge in [-0.2, -0.15) is 0 Å². The number of fused-ring (bicyclic) bond motifs is 1. The molecule has 44 heavy (non-hydrogen) atoms. The highest BCUT2D eigenvalue weighted by Gasteiger charge is 2.22. The number of esters is 1. The molecule has 1 atom stereocenters. The Hall–Kier alpha value is -4.96. The van der Waals surface area contributed by atoms with Crippen molar-refractivity contribution < 1.29 is 38.2 Å². The third-order valence-electron chi connectivity index (χ3n) is 5.80. The highest BCUT2D eigenvalue weighted by molar-refractivity contribution is 5.96. The zero-order valence-electron chi connectivity index (χ0n) is 25.8. The van der Waals surface area contributed by atoms with Gasteiger partial charge >= 0.3 is 18.1 Å². The molecule has 0 aliphatic rings. The monoisotopic (exact) mass is 619 g/mol. The molecule has 0 saturated carbocycles. The number of rotatable bonds is 14. The van der Waals surface area contributed by atoms with Crippen LogP contribution in [0.4, 0.5) is 15.4 Å². The van der Waals surface area contributed by atoms with Gasteiger partial charge in [-0.25, -0.2) is 24.4 Å². The molecule has 5 amide bonds. The second-order valence-corrected chi connectivity index (χ2v) is 10.8. The molecule has 0 unspecified atom stereocenters. The van der Waals surface area contributed by atoms with E-state index in [-0.39, 0.29) is 6.42 Å². The minimum atomic E-state index is -0.951. The first-order valence-corrected chi connectivity index (χ1v) is 13.9. The number of unbranched alkanes of at least 4 members (excludes halogenated alkanes) is 1. The van der Waals surface area contributed by atoms with Crippen molar-refractivity contribution in [3.8, 4) is 0 Å². The summed E-state index contributed by atoms with van der Waals surface area (Å²) in [6.07, 6.45) is 3.53. The molecule has 2 rings (SSSR count). The van der Waals surface area contributed by atoms with Crippen molar-refractivity contribution in [2.75, 3.05) is 52.3 Å². The summed E-state index contributed by atoms with van der Waals surface area (Å²) in [6.45, 7) is 4.27. The lowest BCUT2D eigenvalue weighted by atomic mass is 10.1. The predicted octanol–water partition coefficient (Wildman–Crippen LogP) is -0.360. The van der Waals surface area contributed by atoms with E-state index in [0.717, 1.165) is 0 Å². The molecule has 2 aromatic heterocycles. The van der Waals surface area contributed by atoms with Crippen LogP contribution in [0.3, 0.4) is 0 Å². The predicted molar refractivity (Wildman–Crippen MR) is 159 cm³/mol. The SMILES string of the molecule is COC(=O)[C@@H](CCCCNC(=O)OC(C)(C)C)NC(=O)CNC(=O)CNC(=O)CNC(=O)n1ccc2c(N(C)C)ncnc21. The Morgan fingerprint density at radius 3 is 2.16 bits per heavy atom. The maximum Gasteiger partial charge on any atom is 0.407 e. The van der Waals surface area contributed by atoms with Gasteiger partial charge in [0.05, 0.1) is 32.1 Å². The quantitative estimate of drug-likeness (QED) is 0.136. The van der Waals surface area contributed by atoms with Gasteiger partial charge in [0, 0.05) is 26.8 Å². The number of anilines is 1. The van der Waals surface area contributed by atoms with Crippen molar-refractivity contribution in [3.63, 3.8) is 0 Å². The minimum Gasteiger partial charge on any atom is -0.467 e. The molecule has 2 aromatic rings. The van der Waals surface area contributed by atoms with E-state index in [2.05, 4.69) is 36.6 Å². The number of amides is 5. The number of carbonyl (C=O) groups is 6. The average molecular weight is 620 g/mol. The van der Waals surface area contributed by atoms with Gasteiger partial charge in [-0.1, -0.05) is 0 Å². The first kappa shape index (κ1) is 35.2. The van der Waals surface area contributed by atoms with E-state index in [1.807, 2.05) is 14.1 Å². The van der Waals surface area contributed by atoms with Crippen LogP contribution >= 0.6 is 0 Å². The van der Waals surface area contributed by atoms with E-state index in [1.54, 1.807) is 31.7 Å². The summed E-state index contributed by atoms with van der Waals surface area (Å²) < 4.78 is 11.1. The van der Waals surface area contributed by atoms with Crippen molar-refractivity contribution in [2.45, 2.75) is 51.7 Å². The Labute approximate surface area is 254 Å². The fraction of sp³-hybridized carbons (Fsp3) is 0.556. The molecule has 5 N–H and O–H groups in total. The van der Waals surface area contributed by atoms with Gasteiger partial charge in [0.15, 0.2) is 5.65 Å². The summed E-state index contributed by atoms with van der Waals surface area (Å²) >= 11 is 0. The number of nitrogens with one attached hydrogen (secondary N) is 5. The Bertz CT molecular complexity index is 1340. The minimum absolute atomic E-state index is 0.243. The number of alkyl carbamates (subject to hydrolysis) is 1. The normalized spacial score (nSPS) is 11.6. The molecule has 17 nitrogen and oxygen atoms in total. The lowest BCUT2D eigenvalue weighted by Crippen LogP contribution is -2.48. The van der Waals surface area contributed by atoms with Gasteiger partial charge in [-0.15, -0.1) is 0 Å². The van der Waals surface area contributed by atoms with E-state index in [4.69, 9.17) is 9.47 Å². The molecule has 0 radical (unpaired) electrons. The van der Waals surface area contributed by atoms with E-state index in [9.17, 15) is 28.8 Å². The lowest BCUT2D eigenvalue weighted by Gasteiger charge is -2.20. The maximum atomic E-state index is 12.6. The van der Waals surface area contributed by atoms with Gasteiger partial charge in [0.1, 0.15) is 23.8 Å². The van der Waals surface area contributed by atoms with Crippen LogP contribution in [-0.4, -0.2) is 109 Å². The molecule has 0 aliphatic heterocycles. The zero-order valence-corrected chi connectivity index (χ0v) is 25.8. The molecule has 0 fully saturated rings. The fourth-order valence-electron chi connectivity index (χ4n) is 3.80. The van der Waals surface area contributed by atoms with Gasteiger partial charge in [0.2, 0.25) is 17.7 Å². The molecule has 17 heteroatoms. The van der Waals surface area contributed by atoms with Crippen molar-refractivity contribution in [2.24, 2.45) is 0 Å². The summed E-state index contributed by atoms with van der Waals surface area (Å²) in [5, 5.41) is 12.9. The number of methoxy groups -OCH3 is 1. The number of ether oxygens (including phenoxy) is 2. The van der Waals surface area contributed by atoms with E-state index in [0.29, 0.717) is 36.2 Å². The average Bonchev–Trinajstić information content (AvgIpc) is 3.40. The van der Waals surface area contributed by atoms with Crippen LogP contribution in [0.15, 0.2) is 18.6 Å². The number of hydrogen-bond acceptors (Lipinski definition) is 11. The van der Waals surface area contributed by atoms with Gasteiger partial charge < -0.3 is 41.0 Å². The zero-order chi connectivity index (χ0) is 32.9. The summed E-state index contributed by atoms with van der Waals surface area (Å²) in [4.78, 5) is 83.0. The smallest absolute Gasteiger partial charge is 0.407 e. The van der Waals surface area contributed by atoms with Crippen LogP contribution < -0.4 is 31.5 Å². The first-order chi connectivity index (χ1) is 20.7.